The number of esters is 1. The van der Waals surface area contributed by atoms with Gasteiger partial charge < -0.3 is 9.64 Å². The van der Waals surface area contributed by atoms with Gasteiger partial charge in [0.2, 0.25) is 0 Å². The Kier molecular flexibility index (Phi) is 6.20. The van der Waals surface area contributed by atoms with Crippen LogP contribution in [0.2, 0.25) is 0 Å². The van der Waals surface area contributed by atoms with Gasteiger partial charge in [-0.05, 0) is 43.7 Å². The SMILES string of the molecule is CCOC(=O)/C(C)=C/c1cc(Br)ccc1N(C)Cc1cnn(C)c1. The first kappa shape index (κ1) is 18.3. The summed E-state index contributed by atoms with van der Waals surface area (Å²) in [4.78, 5) is 14.0. The Morgan fingerprint density at radius 2 is 2.21 bits per heavy atom. The number of benzene rings is 1. The minimum absolute atomic E-state index is 0.293. The maximum Gasteiger partial charge on any atom is 0.333 e. The first-order valence-electron chi connectivity index (χ1n) is 7.74. The molecule has 0 bridgehead atoms. The van der Waals surface area contributed by atoms with Gasteiger partial charge in [-0.3, -0.25) is 4.68 Å². The number of aromatic nitrogens is 2. The van der Waals surface area contributed by atoms with Crippen LogP contribution in [0, 0.1) is 0 Å². The van der Waals surface area contributed by atoms with Crippen molar-refractivity contribution < 1.29 is 9.53 Å². The lowest BCUT2D eigenvalue weighted by Gasteiger charge is -2.21. The Morgan fingerprint density at radius 3 is 2.83 bits per heavy atom. The third-order valence-corrected chi connectivity index (χ3v) is 4.04. The topological polar surface area (TPSA) is 47.4 Å². The van der Waals surface area contributed by atoms with Crippen LogP contribution >= 0.6 is 15.9 Å². The average molecular weight is 392 g/mol. The van der Waals surface area contributed by atoms with Gasteiger partial charge in [0.15, 0.2) is 0 Å². The second-order valence-electron chi connectivity index (χ2n) is 5.63. The molecule has 2 rings (SSSR count). The van der Waals surface area contributed by atoms with Gasteiger partial charge >= 0.3 is 5.97 Å². The Morgan fingerprint density at radius 1 is 1.46 bits per heavy atom. The fraction of sp³-hybridized carbons (Fsp3) is 0.333. The lowest BCUT2D eigenvalue weighted by atomic mass is 10.1. The fourth-order valence-corrected chi connectivity index (χ4v) is 2.82. The monoisotopic (exact) mass is 391 g/mol. The van der Waals surface area contributed by atoms with Crippen molar-refractivity contribution in [3.63, 3.8) is 0 Å². The van der Waals surface area contributed by atoms with Crippen molar-refractivity contribution in [2.24, 2.45) is 7.05 Å². The molecular formula is C18H22BrN3O2. The van der Waals surface area contributed by atoms with E-state index in [1.807, 2.05) is 50.8 Å². The van der Waals surface area contributed by atoms with E-state index in [-0.39, 0.29) is 5.97 Å². The molecule has 0 atom stereocenters. The van der Waals surface area contributed by atoms with E-state index in [9.17, 15) is 4.79 Å². The zero-order valence-corrected chi connectivity index (χ0v) is 16.0. The molecule has 1 aromatic heterocycles. The van der Waals surface area contributed by atoms with Gasteiger partial charge in [-0.1, -0.05) is 15.9 Å². The third-order valence-electron chi connectivity index (χ3n) is 3.55. The van der Waals surface area contributed by atoms with Crippen molar-refractivity contribution >= 4 is 33.7 Å². The summed E-state index contributed by atoms with van der Waals surface area (Å²) in [5.74, 6) is -0.293. The molecule has 1 aromatic carbocycles. The summed E-state index contributed by atoms with van der Waals surface area (Å²) in [5, 5.41) is 4.20. The summed E-state index contributed by atoms with van der Waals surface area (Å²) in [6.07, 6.45) is 5.71. The molecule has 0 saturated carbocycles. The molecule has 0 unspecified atom stereocenters. The van der Waals surface area contributed by atoms with Gasteiger partial charge in [0.25, 0.3) is 0 Å². The van der Waals surface area contributed by atoms with Gasteiger partial charge in [0.05, 0.1) is 12.8 Å². The van der Waals surface area contributed by atoms with Crippen LogP contribution in [0.15, 0.2) is 40.6 Å². The molecule has 1 heterocycles. The molecule has 0 saturated heterocycles. The predicted molar refractivity (Wildman–Crippen MR) is 99.7 cm³/mol. The van der Waals surface area contributed by atoms with Crippen molar-refractivity contribution in [3.8, 4) is 0 Å². The summed E-state index contributed by atoms with van der Waals surface area (Å²) >= 11 is 3.50. The predicted octanol–water partition coefficient (Wildman–Crippen LogP) is 3.79. The molecule has 0 amide bonds. The molecule has 0 fully saturated rings. The number of anilines is 1. The Balaban J connectivity index is 2.29. The number of ether oxygens (including phenoxy) is 1. The highest BCUT2D eigenvalue weighted by Gasteiger charge is 2.11. The van der Waals surface area contributed by atoms with Crippen molar-refractivity contribution in [2.45, 2.75) is 20.4 Å². The minimum Gasteiger partial charge on any atom is -0.463 e. The van der Waals surface area contributed by atoms with E-state index in [1.54, 1.807) is 18.5 Å². The van der Waals surface area contributed by atoms with Crippen LogP contribution in [-0.4, -0.2) is 29.4 Å². The number of carbonyl (C=O) groups excluding carboxylic acids is 1. The molecule has 0 radical (unpaired) electrons. The number of rotatable bonds is 6. The van der Waals surface area contributed by atoms with E-state index in [0.717, 1.165) is 27.8 Å². The van der Waals surface area contributed by atoms with Crippen LogP contribution in [0.1, 0.15) is 25.0 Å². The summed E-state index contributed by atoms with van der Waals surface area (Å²) < 4.78 is 7.81. The fourth-order valence-electron chi connectivity index (χ4n) is 2.44. The molecule has 5 nitrogen and oxygen atoms in total. The van der Waals surface area contributed by atoms with Gasteiger partial charge in [0, 0.05) is 48.1 Å². The molecule has 0 aliphatic heterocycles. The van der Waals surface area contributed by atoms with Crippen LogP contribution in [0.25, 0.3) is 6.08 Å². The molecule has 0 spiro atoms. The van der Waals surface area contributed by atoms with E-state index in [1.165, 1.54) is 0 Å². The van der Waals surface area contributed by atoms with Crippen LogP contribution in [0.5, 0.6) is 0 Å². The minimum atomic E-state index is -0.293. The number of hydrogen-bond donors (Lipinski definition) is 0. The first-order chi connectivity index (χ1) is 11.4. The molecule has 6 heteroatoms. The zero-order valence-electron chi connectivity index (χ0n) is 14.4. The highest BCUT2D eigenvalue weighted by molar-refractivity contribution is 9.10. The Labute approximate surface area is 151 Å². The molecule has 0 aliphatic carbocycles. The highest BCUT2D eigenvalue weighted by atomic mass is 79.9. The van der Waals surface area contributed by atoms with Crippen LogP contribution in [0.4, 0.5) is 5.69 Å². The zero-order chi connectivity index (χ0) is 17.7. The standard InChI is InChI=1S/C18H22BrN3O2/c1-5-24-18(23)13(2)8-15-9-16(19)6-7-17(15)21(3)11-14-10-20-22(4)12-14/h6-10,12H,5,11H2,1-4H3/b13-8+. The molecule has 2 aromatic rings. The van der Waals surface area contributed by atoms with E-state index >= 15 is 0 Å². The highest BCUT2D eigenvalue weighted by Crippen LogP contribution is 2.27. The van der Waals surface area contributed by atoms with E-state index in [2.05, 4.69) is 25.9 Å². The molecule has 0 N–H and O–H groups in total. The lowest BCUT2D eigenvalue weighted by Crippen LogP contribution is -2.17. The molecular weight excluding hydrogens is 370 g/mol. The van der Waals surface area contributed by atoms with Crippen molar-refractivity contribution in [2.75, 3.05) is 18.6 Å². The summed E-state index contributed by atoms with van der Waals surface area (Å²) in [6.45, 7) is 4.67. The number of aryl methyl sites for hydroxylation is 1. The molecule has 128 valence electrons. The first-order valence-corrected chi connectivity index (χ1v) is 8.53. The largest absolute Gasteiger partial charge is 0.463 e. The second kappa shape index (κ2) is 8.15. The number of hydrogen-bond acceptors (Lipinski definition) is 4. The van der Waals surface area contributed by atoms with Crippen molar-refractivity contribution in [1.29, 1.82) is 0 Å². The summed E-state index contributed by atoms with van der Waals surface area (Å²) in [6, 6.07) is 6.02. The van der Waals surface area contributed by atoms with E-state index in [4.69, 9.17) is 4.74 Å². The maximum absolute atomic E-state index is 11.9. The maximum atomic E-state index is 11.9. The lowest BCUT2D eigenvalue weighted by molar-refractivity contribution is -0.138. The quantitative estimate of drug-likeness (QED) is 0.555. The molecule has 24 heavy (non-hydrogen) atoms. The smallest absolute Gasteiger partial charge is 0.333 e. The van der Waals surface area contributed by atoms with Gasteiger partial charge in [0.1, 0.15) is 0 Å². The van der Waals surface area contributed by atoms with Crippen LogP contribution < -0.4 is 4.90 Å². The van der Waals surface area contributed by atoms with Crippen LogP contribution in [-0.2, 0) is 23.1 Å². The second-order valence-corrected chi connectivity index (χ2v) is 6.54. The van der Waals surface area contributed by atoms with Crippen molar-refractivity contribution in [3.05, 3.63) is 51.8 Å². The van der Waals surface area contributed by atoms with E-state index in [0.29, 0.717) is 12.2 Å². The van der Waals surface area contributed by atoms with E-state index < -0.39 is 0 Å². The van der Waals surface area contributed by atoms with Crippen molar-refractivity contribution in [1.82, 2.24) is 9.78 Å². The van der Waals surface area contributed by atoms with Crippen LogP contribution in [0.3, 0.4) is 0 Å². The number of halogens is 1. The van der Waals surface area contributed by atoms with Gasteiger partial charge in [-0.15, -0.1) is 0 Å². The number of carbonyl (C=O) groups is 1. The Bertz CT molecular complexity index is 752. The van der Waals surface area contributed by atoms with Gasteiger partial charge in [-0.25, -0.2) is 4.79 Å². The molecule has 0 aliphatic rings. The Hall–Kier alpha value is -2.08. The normalized spacial score (nSPS) is 11.5. The summed E-state index contributed by atoms with van der Waals surface area (Å²) in [5.41, 5.74) is 3.69. The van der Waals surface area contributed by atoms with Gasteiger partial charge in [-0.2, -0.15) is 5.10 Å². The third kappa shape index (κ3) is 4.71. The summed E-state index contributed by atoms with van der Waals surface area (Å²) in [7, 11) is 3.92. The average Bonchev–Trinajstić information content (AvgIpc) is 2.92. The number of nitrogens with zero attached hydrogens (tertiary/aromatic N) is 3.